The number of hydrogen-bond donors (Lipinski definition) is 6. The Hall–Kier alpha value is -2.28. The minimum atomic E-state index is -1.55. The van der Waals surface area contributed by atoms with Crippen LogP contribution >= 0.6 is 0 Å². The second kappa shape index (κ2) is 32.9. The van der Waals surface area contributed by atoms with Crippen LogP contribution in [0.4, 0.5) is 0 Å². The average molecular weight is 770 g/mol. The Labute approximate surface area is 326 Å². The van der Waals surface area contributed by atoms with E-state index in [1.165, 1.54) is 109 Å². The Kier molecular flexibility index (Phi) is 30.3. The molecule has 12 nitrogen and oxygen atoms in total. The van der Waals surface area contributed by atoms with Crippen molar-refractivity contribution < 1.29 is 44.3 Å². The lowest BCUT2D eigenvalue weighted by molar-refractivity contribution is -0.231. The molecule has 12 heteroatoms. The number of ether oxygens (including phenoxy) is 1. The minimum absolute atomic E-state index is 0.176. The summed E-state index contributed by atoms with van der Waals surface area (Å²) in [5.74, 6) is -2.62. The molecule has 1 aliphatic rings. The third kappa shape index (κ3) is 23.6. The number of carboxylic acid groups (broad SMARTS) is 1. The van der Waals surface area contributed by atoms with Gasteiger partial charge in [-0.05, 0) is 12.8 Å². The summed E-state index contributed by atoms with van der Waals surface area (Å²) in [7, 11) is 0. The number of aliphatic carboxylic acids is 1. The van der Waals surface area contributed by atoms with Crippen LogP contribution in [0.25, 0.3) is 0 Å². The van der Waals surface area contributed by atoms with Crippen molar-refractivity contribution >= 4 is 23.7 Å². The number of aliphatic hydroxyl groups is 3. The van der Waals surface area contributed by atoms with Crippen LogP contribution in [0.2, 0.25) is 0 Å². The van der Waals surface area contributed by atoms with Gasteiger partial charge in [0.15, 0.2) is 6.23 Å². The summed E-state index contributed by atoms with van der Waals surface area (Å²) < 4.78 is 6.05. The lowest BCUT2D eigenvalue weighted by Gasteiger charge is -2.47. The van der Waals surface area contributed by atoms with Crippen LogP contribution in [0.3, 0.4) is 0 Å². The first-order valence-electron chi connectivity index (χ1n) is 21.9. The number of rotatable bonds is 35. The molecule has 1 saturated heterocycles. The maximum atomic E-state index is 13.8. The fourth-order valence-corrected chi connectivity index (χ4v) is 7.20. The van der Waals surface area contributed by atoms with E-state index in [1.807, 2.05) is 0 Å². The normalized spacial score (nSPS) is 19.8. The molecule has 0 aromatic carbocycles. The van der Waals surface area contributed by atoms with Gasteiger partial charge in [0.2, 0.25) is 17.7 Å². The Morgan fingerprint density at radius 1 is 0.574 bits per heavy atom. The highest BCUT2D eigenvalue weighted by atomic mass is 16.5. The predicted octanol–water partition coefficient (Wildman–Crippen LogP) is 6.90. The summed E-state index contributed by atoms with van der Waals surface area (Å²) in [5, 5.41) is 45.6. The first-order valence-corrected chi connectivity index (χ1v) is 21.9. The van der Waals surface area contributed by atoms with E-state index in [0.717, 1.165) is 38.5 Å². The number of aliphatic hydroxyl groups excluding tert-OH is 3. The van der Waals surface area contributed by atoms with Crippen LogP contribution in [0.5, 0.6) is 0 Å². The van der Waals surface area contributed by atoms with E-state index in [2.05, 4.69) is 24.5 Å². The summed E-state index contributed by atoms with van der Waals surface area (Å²) in [6, 6.07) is -1.22. The van der Waals surface area contributed by atoms with Crippen molar-refractivity contribution in [2.45, 2.75) is 224 Å². The lowest BCUT2D eigenvalue weighted by Crippen LogP contribution is -2.69. The fourth-order valence-electron chi connectivity index (χ4n) is 7.20. The molecule has 5 atom stereocenters. The zero-order valence-corrected chi connectivity index (χ0v) is 34.1. The van der Waals surface area contributed by atoms with Gasteiger partial charge in [-0.1, -0.05) is 162 Å². The smallest absolute Gasteiger partial charge is 0.303 e. The molecule has 316 valence electrons. The highest BCUT2D eigenvalue weighted by Gasteiger charge is 2.48. The maximum Gasteiger partial charge on any atom is 0.303 e. The molecule has 0 spiro atoms. The Morgan fingerprint density at radius 2 is 1.02 bits per heavy atom. The molecular weight excluding hydrogens is 690 g/mol. The second-order valence-corrected chi connectivity index (χ2v) is 15.5. The van der Waals surface area contributed by atoms with Crippen LogP contribution in [-0.4, -0.2) is 99.3 Å². The third-order valence-corrected chi connectivity index (χ3v) is 10.6. The minimum Gasteiger partial charge on any atom is -0.481 e. The zero-order chi connectivity index (χ0) is 39.8. The van der Waals surface area contributed by atoms with Gasteiger partial charge < -0.3 is 40.7 Å². The molecule has 0 radical (unpaired) electrons. The number of nitrogens with one attached hydrogen (secondary N) is 2. The summed E-state index contributed by atoms with van der Waals surface area (Å²) in [6.07, 6.45) is 23.7. The lowest BCUT2D eigenvalue weighted by atomic mass is 9.94. The summed E-state index contributed by atoms with van der Waals surface area (Å²) >= 11 is 0. The molecule has 0 unspecified atom stereocenters. The molecule has 1 rings (SSSR count). The third-order valence-electron chi connectivity index (χ3n) is 10.6. The van der Waals surface area contributed by atoms with Gasteiger partial charge in [-0.3, -0.25) is 19.2 Å². The summed E-state index contributed by atoms with van der Waals surface area (Å²) in [4.78, 5) is 51.1. The van der Waals surface area contributed by atoms with Gasteiger partial charge >= 0.3 is 5.97 Å². The first-order chi connectivity index (χ1) is 26.2. The molecule has 6 N–H and O–H groups in total. The van der Waals surface area contributed by atoms with Crippen LogP contribution < -0.4 is 10.6 Å². The van der Waals surface area contributed by atoms with Gasteiger partial charge in [-0.25, -0.2) is 0 Å². The van der Waals surface area contributed by atoms with Gasteiger partial charge in [-0.15, -0.1) is 0 Å². The SMILES string of the molecule is CCCCCCCCCCCCCCCCCCN(C(=O)CCCCCCCCCCC)[C@@H]1O[C@H](CO)[C@@H](O)[C@H](O)[C@H]1NC(=O)CNC(=O)CCC(=O)O. The van der Waals surface area contributed by atoms with Gasteiger partial charge in [0, 0.05) is 19.4 Å². The fraction of sp³-hybridized carbons (Fsp3) is 0.905. The van der Waals surface area contributed by atoms with Gasteiger partial charge in [0.05, 0.1) is 19.6 Å². The highest BCUT2D eigenvalue weighted by molar-refractivity contribution is 5.86. The quantitative estimate of drug-likeness (QED) is 0.0373. The van der Waals surface area contributed by atoms with Crippen molar-refractivity contribution in [1.29, 1.82) is 0 Å². The van der Waals surface area contributed by atoms with E-state index in [-0.39, 0.29) is 25.2 Å². The maximum absolute atomic E-state index is 13.8. The molecule has 0 aromatic heterocycles. The number of amides is 3. The molecule has 54 heavy (non-hydrogen) atoms. The van der Waals surface area contributed by atoms with Gasteiger partial charge in [-0.2, -0.15) is 0 Å². The van der Waals surface area contributed by atoms with E-state index in [9.17, 15) is 34.5 Å². The molecule has 0 bridgehead atoms. The van der Waals surface area contributed by atoms with Gasteiger partial charge in [0.25, 0.3) is 0 Å². The van der Waals surface area contributed by atoms with Gasteiger partial charge in [0.1, 0.15) is 24.4 Å². The van der Waals surface area contributed by atoms with Crippen LogP contribution in [0.1, 0.15) is 194 Å². The van der Waals surface area contributed by atoms with Crippen molar-refractivity contribution in [1.82, 2.24) is 15.5 Å². The van der Waals surface area contributed by atoms with E-state index in [4.69, 9.17) is 9.84 Å². The number of unbranched alkanes of at least 4 members (excludes halogenated alkanes) is 23. The van der Waals surface area contributed by atoms with E-state index < -0.39 is 61.5 Å². The molecule has 1 aliphatic heterocycles. The van der Waals surface area contributed by atoms with E-state index in [1.54, 1.807) is 4.90 Å². The predicted molar refractivity (Wildman–Crippen MR) is 213 cm³/mol. The number of carboxylic acids is 1. The Balaban J connectivity index is 2.74. The van der Waals surface area contributed by atoms with E-state index >= 15 is 0 Å². The number of nitrogens with zero attached hydrogens (tertiary/aromatic N) is 1. The van der Waals surface area contributed by atoms with Crippen molar-refractivity contribution in [3.63, 3.8) is 0 Å². The summed E-state index contributed by atoms with van der Waals surface area (Å²) in [5.41, 5.74) is 0. The number of hydrogen-bond acceptors (Lipinski definition) is 8. The first kappa shape index (κ1) is 49.7. The molecule has 3 amide bonds. The van der Waals surface area contributed by atoms with Crippen LogP contribution in [0, 0.1) is 0 Å². The molecule has 0 aromatic rings. The van der Waals surface area contributed by atoms with Crippen molar-refractivity contribution in [3.8, 4) is 0 Å². The van der Waals surface area contributed by atoms with Crippen molar-refractivity contribution in [2.24, 2.45) is 0 Å². The Morgan fingerprint density at radius 3 is 1.46 bits per heavy atom. The molecule has 0 saturated carbocycles. The topological polar surface area (TPSA) is 186 Å². The zero-order valence-electron chi connectivity index (χ0n) is 34.1. The Bertz CT molecular complexity index is 985. The second-order valence-electron chi connectivity index (χ2n) is 15.5. The molecule has 1 fully saturated rings. The number of carbonyl (C=O) groups is 4. The summed E-state index contributed by atoms with van der Waals surface area (Å²) in [6.45, 7) is 3.71. The number of carbonyl (C=O) groups excluding carboxylic acids is 3. The molecule has 1 heterocycles. The van der Waals surface area contributed by atoms with Crippen molar-refractivity contribution in [3.05, 3.63) is 0 Å². The monoisotopic (exact) mass is 770 g/mol. The standard InChI is InChI=1S/C42H79N3O9/c1-3-5-7-9-11-13-14-15-16-17-18-19-21-23-25-27-31-45(37(49)28-26-24-22-20-12-10-8-6-4-2)42-39(41(53)40(52)34(33-46)54-42)44-36(48)32-43-35(47)29-30-38(50)51/h34,39-42,46,52-53H,3-33H2,1-2H3,(H,43,47)(H,44,48)(H,50,51)/t34-,39-,40-,41-,42-/m1/s1. The molecular formula is C42H79N3O9. The van der Waals surface area contributed by atoms with Crippen LogP contribution in [0.15, 0.2) is 0 Å². The highest BCUT2D eigenvalue weighted by Crippen LogP contribution is 2.26. The average Bonchev–Trinajstić information content (AvgIpc) is 3.15. The van der Waals surface area contributed by atoms with Crippen molar-refractivity contribution in [2.75, 3.05) is 19.7 Å². The molecule has 0 aliphatic carbocycles. The largest absolute Gasteiger partial charge is 0.481 e. The van der Waals surface area contributed by atoms with E-state index in [0.29, 0.717) is 19.4 Å². The van der Waals surface area contributed by atoms with Crippen LogP contribution in [-0.2, 0) is 23.9 Å².